The number of aryl methyl sites for hydroxylation is 1. The molecule has 0 aliphatic heterocycles. The second-order valence-corrected chi connectivity index (χ2v) is 6.46. The van der Waals surface area contributed by atoms with Crippen molar-refractivity contribution in [1.29, 1.82) is 0 Å². The van der Waals surface area contributed by atoms with Crippen LogP contribution in [0.4, 0.5) is 0 Å². The zero-order valence-electron chi connectivity index (χ0n) is 17.0. The lowest BCUT2D eigenvalue weighted by Gasteiger charge is -2.10. The van der Waals surface area contributed by atoms with Gasteiger partial charge < -0.3 is 4.74 Å². The summed E-state index contributed by atoms with van der Waals surface area (Å²) in [6.07, 6.45) is 4.55. The smallest absolute Gasteiger partial charge is 0.290 e. The Kier molecular flexibility index (Phi) is 6.95. The quantitative estimate of drug-likeness (QED) is 0.349. The summed E-state index contributed by atoms with van der Waals surface area (Å²) in [5.74, 6) is -0.445. The predicted molar refractivity (Wildman–Crippen MR) is 118 cm³/mol. The van der Waals surface area contributed by atoms with Gasteiger partial charge in [0.15, 0.2) is 5.69 Å². The molecule has 0 radical (unpaired) electrons. The second-order valence-electron chi connectivity index (χ2n) is 6.46. The number of nitrogens with one attached hydrogen (secondary N) is 2. The van der Waals surface area contributed by atoms with Gasteiger partial charge in [0, 0.05) is 18.0 Å². The van der Waals surface area contributed by atoms with E-state index in [-0.39, 0.29) is 11.3 Å². The molecule has 3 rings (SSSR count). The summed E-state index contributed by atoms with van der Waals surface area (Å²) < 4.78 is 6.61. The highest BCUT2D eigenvalue weighted by Crippen LogP contribution is 2.14. The molecule has 3 aromatic rings. The number of ether oxygens (including phenoxy) is 1. The molecule has 2 N–H and O–H groups in total. The first-order valence-electron chi connectivity index (χ1n) is 9.65. The average Bonchev–Trinajstić information content (AvgIpc) is 2.81. The summed E-state index contributed by atoms with van der Waals surface area (Å²) in [5, 5.41) is 4.93. The van der Waals surface area contributed by atoms with Crippen molar-refractivity contribution in [2.24, 2.45) is 0 Å². The van der Waals surface area contributed by atoms with Gasteiger partial charge in [-0.3, -0.25) is 25.2 Å². The van der Waals surface area contributed by atoms with E-state index >= 15 is 0 Å². The van der Waals surface area contributed by atoms with E-state index in [2.05, 4.69) is 22.5 Å². The number of hydrogen-bond donors (Lipinski definition) is 2. The molecule has 0 spiro atoms. The minimum atomic E-state index is -0.621. The fourth-order valence-electron chi connectivity index (χ4n) is 2.84. The summed E-state index contributed by atoms with van der Waals surface area (Å²) in [6.45, 7) is 6.08. The van der Waals surface area contributed by atoms with Gasteiger partial charge in [-0.15, -0.1) is 0 Å². The number of aromatic nitrogens is 2. The molecule has 8 heteroatoms. The average molecular weight is 418 g/mol. The van der Waals surface area contributed by atoms with Crippen LogP contribution < -0.4 is 21.1 Å². The number of hydrogen-bond acceptors (Lipinski definition) is 5. The van der Waals surface area contributed by atoms with Crippen LogP contribution in [0.2, 0.25) is 0 Å². The van der Waals surface area contributed by atoms with Gasteiger partial charge in [-0.1, -0.05) is 43.0 Å². The highest BCUT2D eigenvalue weighted by atomic mass is 16.5. The molecule has 158 valence electrons. The summed E-state index contributed by atoms with van der Waals surface area (Å²) in [7, 11) is 0. The number of benzene rings is 2. The molecule has 1 heterocycles. The van der Waals surface area contributed by atoms with Crippen molar-refractivity contribution in [2.75, 3.05) is 6.61 Å². The third-order valence-corrected chi connectivity index (χ3v) is 4.36. The van der Waals surface area contributed by atoms with E-state index in [1.807, 2.05) is 0 Å². The van der Waals surface area contributed by atoms with Gasteiger partial charge in [-0.2, -0.15) is 5.10 Å². The molecule has 0 saturated carbocycles. The van der Waals surface area contributed by atoms with Crippen LogP contribution in [0.5, 0.6) is 5.75 Å². The first-order valence-corrected chi connectivity index (χ1v) is 9.65. The van der Waals surface area contributed by atoms with E-state index in [9.17, 15) is 14.4 Å². The molecule has 2 amide bonds. The van der Waals surface area contributed by atoms with Crippen molar-refractivity contribution >= 4 is 28.7 Å². The Morgan fingerprint density at radius 3 is 2.48 bits per heavy atom. The Morgan fingerprint density at radius 2 is 1.81 bits per heavy atom. The standard InChI is InChI=1S/C23H22N4O4/c1-3-15-31-17-12-9-16(10-13-17)11-14-20(28)24-25-22(29)21-18-7-5-6-8-19(18)23(30)27(4-2)26-21/h3,5-14H,1,4,15H2,2H3,(H,24,28)(H,25,29)/b14-11+. The lowest BCUT2D eigenvalue weighted by molar-refractivity contribution is -0.117. The van der Waals surface area contributed by atoms with Crippen LogP contribution in [0.3, 0.4) is 0 Å². The number of carbonyl (C=O) groups is 2. The summed E-state index contributed by atoms with van der Waals surface area (Å²) in [5.41, 5.74) is 5.22. The van der Waals surface area contributed by atoms with Gasteiger partial charge in [0.1, 0.15) is 12.4 Å². The molecule has 0 aliphatic carbocycles. The fourth-order valence-corrected chi connectivity index (χ4v) is 2.84. The van der Waals surface area contributed by atoms with E-state index < -0.39 is 11.8 Å². The van der Waals surface area contributed by atoms with Crippen LogP contribution in [0.25, 0.3) is 16.8 Å². The minimum absolute atomic E-state index is 0.0523. The number of fused-ring (bicyclic) bond motifs is 1. The molecule has 0 saturated heterocycles. The van der Waals surface area contributed by atoms with E-state index in [4.69, 9.17) is 4.74 Å². The lowest BCUT2D eigenvalue weighted by atomic mass is 10.1. The molecule has 1 aromatic heterocycles. The molecule has 8 nitrogen and oxygen atoms in total. The maximum atomic E-state index is 12.6. The van der Waals surface area contributed by atoms with E-state index in [0.29, 0.717) is 29.7 Å². The zero-order chi connectivity index (χ0) is 22.2. The zero-order valence-corrected chi connectivity index (χ0v) is 17.0. The Hall–Kier alpha value is -4.20. The number of rotatable bonds is 7. The highest BCUT2D eigenvalue weighted by Gasteiger charge is 2.16. The maximum Gasteiger partial charge on any atom is 0.290 e. The van der Waals surface area contributed by atoms with Crippen molar-refractivity contribution in [1.82, 2.24) is 20.6 Å². The van der Waals surface area contributed by atoms with E-state index in [0.717, 1.165) is 5.56 Å². The first kappa shape index (κ1) is 21.5. The number of amides is 2. The van der Waals surface area contributed by atoms with E-state index in [1.165, 1.54) is 10.8 Å². The van der Waals surface area contributed by atoms with E-state index in [1.54, 1.807) is 67.6 Å². The van der Waals surface area contributed by atoms with Crippen LogP contribution in [0.15, 0.2) is 72.1 Å². The maximum absolute atomic E-state index is 12.6. The first-order chi connectivity index (χ1) is 15.0. The summed E-state index contributed by atoms with van der Waals surface area (Å²) >= 11 is 0. The van der Waals surface area contributed by atoms with Crippen LogP contribution >= 0.6 is 0 Å². The molecule has 0 unspecified atom stereocenters. The molecule has 31 heavy (non-hydrogen) atoms. The topological polar surface area (TPSA) is 102 Å². The van der Waals surface area contributed by atoms with Gasteiger partial charge in [0.25, 0.3) is 17.4 Å². The van der Waals surface area contributed by atoms with Crippen molar-refractivity contribution in [3.8, 4) is 5.75 Å². The SMILES string of the molecule is C=CCOc1ccc(/C=C/C(=O)NNC(=O)c2nn(CC)c(=O)c3ccccc23)cc1. The summed E-state index contributed by atoms with van der Waals surface area (Å²) in [6, 6.07) is 13.9. The predicted octanol–water partition coefficient (Wildman–Crippen LogP) is 2.46. The highest BCUT2D eigenvalue weighted by molar-refractivity contribution is 6.05. The molecular formula is C23H22N4O4. The van der Waals surface area contributed by atoms with Gasteiger partial charge in [-0.25, -0.2) is 4.68 Å². The molecule has 0 fully saturated rings. The minimum Gasteiger partial charge on any atom is -0.490 e. The van der Waals surface area contributed by atoms with Gasteiger partial charge >= 0.3 is 0 Å². The number of hydrazine groups is 1. The normalized spacial score (nSPS) is 10.7. The van der Waals surface area contributed by atoms with Crippen LogP contribution in [-0.2, 0) is 11.3 Å². The molecule has 0 bridgehead atoms. The van der Waals surface area contributed by atoms with Gasteiger partial charge in [0.2, 0.25) is 0 Å². The third-order valence-electron chi connectivity index (χ3n) is 4.36. The van der Waals surface area contributed by atoms with Crippen molar-refractivity contribution < 1.29 is 14.3 Å². The monoisotopic (exact) mass is 418 g/mol. The van der Waals surface area contributed by atoms with Gasteiger partial charge in [0.05, 0.1) is 5.39 Å². The van der Waals surface area contributed by atoms with Crippen LogP contribution in [0.1, 0.15) is 23.0 Å². The molecule has 0 aliphatic rings. The van der Waals surface area contributed by atoms with Crippen LogP contribution in [0, 0.1) is 0 Å². The van der Waals surface area contributed by atoms with Crippen molar-refractivity contribution in [2.45, 2.75) is 13.5 Å². The van der Waals surface area contributed by atoms with Crippen molar-refractivity contribution in [3.05, 3.63) is 88.9 Å². The molecular weight excluding hydrogens is 396 g/mol. The number of carbonyl (C=O) groups excluding carboxylic acids is 2. The van der Waals surface area contributed by atoms with Gasteiger partial charge in [-0.05, 0) is 36.8 Å². The second kappa shape index (κ2) is 10.0. The third kappa shape index (κ3) is 5.24. The van der Waals surface area contributed by atoms with Crippen LogP contribution in [-0.4, -0.2) is 28.2 Å². The lowest BCUT2D eigenvalue weighted by Crippen LogP contribution is -2.42. The molecule has 0 atom stereocenters. The Morgan fingerprint density at radius 1 is 1.10 bits per heavy atom. The fraction of sp³-hybridized carbons (Fsp3) is 0.130. The Bertz CT molecular complexity index is 1200. The Balaban J connectivity index is 1.66. The number of nitrogens with zero attached hydrogens (tertiary/aromatic N) is 2. The molecule has 2 aromatic carbocycles. The Labute approximate surface area is 178 Å². The summed E-state index contributed by atoms with van der Waals surface area (Å²) in [4.78, 5) is 37.0. The largest absolute Gasteiger partial charge is 0.490 e. The van der Waals surface area contributed by atoms with Crippen molar-refractivity contribution in [3.63, 3.8) is 0 Å².